The number of aromatic amines is 1. The number of aryl methyl sites for hydroxylation is 2. The van der Waals surface area contributed by atoms with E-state index in [9.17, 15) is 18.9 Å². The number of carbonyl (C=O) groups is 1. The Balaban J connectivity index is 1.43. The van der Waals surface area contributed by atoms with Gasteiger partial charge in [0.05, 0.1) is 18.8 Å². The summed E-state index contributed by atoms with van der Waals surface area (Å²) >= 11 is 0. The summed E-state index contributed by atoms with van der Waals surface area (Å²) in [5.74, 6) is 0.182. The highest BCUT2D eigenvalue weighted by molar-refractivity contribution is 7.49. The minimum atomic E-state index is -3.96. The Morgan fingerprint density at radius 2 is 2.10 bits per heavy atom. The largest absolute Gasteiger partial charge is 0.530 e. The van der Waals surface area contributed by atoms with Crippen LogP contribution in [0.25, 0.3) is 0 Å². The predicted molar refractivity (Wildman–Crippen MR) is 105 cm³/mol. The van der Waals surface area contributed by atoms with Crippen molar-refractivity contribution in [3.63, 3.8) is 0 Å². The number of nitrogens with zero attached hydrogens (tertiary/aromatic N) is 1. The van der Waals surface area contributed by atoms with Gasteiger partial charge in [-0.15, -0.1) is 0 Å². The van der Waals surface area contributed by atoms with E-state index in [-0.39, 0.29) is 24.5 Å². The highest BCUT2D eigenvalue weighted by Gasteiger charge is 2.37. The van der Waals surface area contributed by atoms with E-state index < -0.39 is 31.4 Å². The monoisotopic (exact) mass is 434 g/mol. The van der Waals surface area contributed by atoms with Crippen LogP contribution in [-0.2, 0) is 25.0 Å². The summed E-state index contributed by atoms with van der Waals surface area (Å²) in [5.41, 5.74) is 1.01. The van der Waals surface area contributed by atoms with Crippen molar-refractivity contribution in [2.24, 2.45) is 0 Å². The van der Waals surface area contributed by atoms with Crippen LogP contribution < -0.4 is 15.8 Å². The Morgan fingerprint density at radius 3 is 2.87 bits per heavy atom. The normalized spacial score (nSPS) is 25.0. The lowest BCUT2D eigenvalue weighted by Gasteiger charge is -2.26. The van der Waals surface area contributed by atoms with Gasteiger partial charge in [0.25, 0.3) is 5.56 Å². The molecule has 158 valence electrons. The first kappa shape index (κ1) is 20.5. The number of H-pyrrole nitrogens is 1. The maximum absolute atomic E-state index is 12.8. The van der Waals surface area contributed by atoms with E-state index >= 15 is 0 Å². The van der Waals surface area contributed by atoms with Crippen LogP contribution in [0.1, 0.15) is 33.3 Å². The number of nitrogens with one attached hydrogen (secondary N) is 1. The minimum absolute atomic E-state index is 0.0227. The number of hydrogen-bond acceptors (Lipinski definition) is 8. The van der Waals surface area contributed by atoms with E-state index in [0.29, 0.717) is 17.4 Å². The summed E-state index contributed by atoms with van der Waals surface area (Å²) in [6.45, 7) is 3.21. The smallest absolute Gasteiger partial charge is 0.403 e. The molecular weight excluding hydrogens is 415 g/mol. The van der Waals surface area contributed by atoms with Gasteiger partial charge in [-0.1, -0.05) is 6.08 Å². The third-order valence-electron chi connectivity index (χ3n) is 4.67. The summed E-state index contributed by atoms with van der Waals surface area (Å²) in [4.78, 5) is 37.0. The molecular formula is C19H19N2O8P. The topological polar surface area (TPSA) is 126 Å². The van der Waals surface area contributed by atoms with Crippen LogP contribution in [0.5, 0.6) is 5.75 Å². The average Bonchev–Trinajstić information content (AvgIpc) is 3.18. The fraction of sp³-hybridized carbons (Fsp3) is 0.316. The van der Waals surface area contributed by atoms with E-state index in [1.807, 2.05) is 6.92 Å². The van der Waals surface area contributed by atoms with Gasteiger partial charge in [-0.05, 0) is 37.6 Å². The van der Waals surface area contributed by atoms with Crippen molar-refractivity contribution in [3.8, 4) is 5.75 Å². The number of hydrogen-bond donors (Lipinski definition) is 1. The maximum atomic E-state index is 12.8. The van der Waals surface area contributed by atoms with Gasteiger partial charge >= 0.3 is 13.5 Å². The third kappa shape index (κ3) is 3.95. The zero-order valence-electron chi connectivity index (χ0n) is 16.2. The summed E-state index contributed by atoms with van der Waals surface area (Å²) in [5, 5.41) is 0. The first-order chi connectivity index (χ1) is 14.3. The molecule has 4 rings (SSSR count). The summed E-state index contributed by atoms with van der Waals surface area (Å²) in [6, 6.07) is 3.40. The molecule has 3 heterocycles. The number of ether oxygens (including phenoxy) is 1. The molecule has 0 bridgehead atoms. The molecule has 0 saturated carbocycles. The first-order valence-electron chi connectivity index (χ1n) is 9.11. The number of phosphoric ester groups is 1. The lowest BCUT2D eigenvalue weighted by Crippen LogP contribution is -2.33. The molecule has 1 aromatic heterocycles. The summed E-state index contributed by atoms with van der Waals surface area (Å²) in [7, 11) is -3.96. The molecule has 0 saturated heterocycles. The summed E-state index contributed by atoms with van der Waals surface area (Å²) in [6.07, 6.45) is 3.90. The van der Waals surface area contributed by atoms with E-state index in [1.165, 1.54) is 10.8 Å². The van der Waals surface area contributed by atoms with Gasteiger partial charge in [-0.25, -0.2) is 9.36 Å². The van der Waals surface area contributed by atoms with Crippen LogP contribution in [0.3, 0.4) is 0 Å². The van der Waals surface area contributed by atoms with Crippen molar-refractivity contribution in [1.29, 1.82) is 0 Å². The summed E-state index contributed by atoms with van der Waals surface area (Å²) < 4.78 is 35.9. The van der Waals surface area contributed by atoms with Crippen molar-refractivity contribution in [2.45, 2.75) is 32.8 Å². The predicted octanol–water partition coefficient (Wildman–Crippen LogP) is 2.15. The van der Waals surface area contributed by atoms with Crippen LogP contribution in [0, 0.1) is 13.8 Å². The molecule has 2 aromatic rings. The van der Waals surface area contributed by atoms with E-state index in [1.54, 1.807) is 31.2 Å². The molecule has 30 heavy (non-hydrogen) atoms. The zero-order chi connectivity index (χ0) is 21.5. The lowest BCUT2D eigenvalue weighted by molar-refractivity contribution is -0.0130. The Bertz CT molecular complexity index is 1200. The molecule has 10 nitrogen and oxygen atoms in total. The van der Waals surface area contributed by atoms with Gasteiger partial charge in [-0.2, -0.15) is 0 Å². The number of fused-ring (bicyclic) bond motifs is 1. The van der Waals surface area contributed by atoms with Gasteiger partial charge < -0.3 is 9.26 Å². The highest BCUT2D eigenvalue weighted by atomic mass is 31.2. The number of rotatable bonds is 5. The Labute approximate surface area is 170 Å². The van der Waals surface area contributed by atoms with Gasteiger partial charge in [0, 0.05) is 17.3 Å². The van der Waals surface area contributed by atoms with Crippen LogP contribution in [0.4, 0.5) is 0 Å². The van der Waals surface area contributed by atoms with Crippen molar-refractivity contribution >= 4 is 14.1 Å². The van der Waals surface area contributed by atoms with Crippen molar-refractivity contribution < 1.29 is 27.7 Å². The molecule has 0 amide bonds. The number of carbonyl (C=O) groups excluding carboxylic acids is 1. The third-order valence-corrected chi connectivity index (χ3v) is 5.99. The van der Waals surface area contributed by atoms with Crippen molar-refractivity contribution in [2.75, 3.05) is 6.61 Å². The first-order valence-corrected chi connectivity index (χ1v) is 10.6. The Morgan fingerprint density at radius 1 is 1.30 bits per heavy atom. The molecule has 1 N–H and O–H groups in total. The molecule has 3 atom stereocenters. The molecule has 1 unspecified atom stereocenters. The van der Waals surface area contributed by atoms with Gasteiger partial charge in [0.1, 0.15) is 11.9 Å². The van der Waals surface area contributed by atoms with Crippen LogP contribution >= 0.6 is 7.82 Å². The van der Waals surface area contributed by atoms with E-state index in [4.69, 9.17) is 18.3 Å². The molecule has 2 aliphatic rings. The second-order valence-corrected chi connectivity index (χ2v) is 8.59. The second-order valence-electron chi connectivity index (χ2n) is 7.00. The van der Waals surface area contributed by atoms with Gasteiger partial charge in [0.15, 0.2) is 12.5 Å². The van der Waals surface area contributed by atoms with Crippen LogP contribution in [0.15, 0.2) is 40.1 Å². The average molecular weight is 434 g/mol. The van der Waals surface area contributed by atoms with Crippen molar-refractivity contribution in [3.05, 3.63) is 73.6 Å². The number of phosphoric acid groups is 1. The fourth-order valence-electron chi connectivity index (χ4n) is 3.22. The highest BCUT2D eigenvalue weighted by Crippen LogP contribution is 2.55. The fourth-order valence-corrected chi connectivity index (χ4v) is 4.47. The van der Waals surface area contributed by atoms with Gasteiger partial charge in [-0.3, -0.25) is 28.2 Å². The number of benzene rings is 1. The molecule has 0 radical (unpaired) electrons. The standard InChI is InChI=1S/C19H19N2O8P/c1-11-5-13(8-22)17-14(6-11)9-26-30(25,29-17)27-10-15-3-4-16(28-15)21-7-12(2)18(23)20-19(21)24/h3-8,15-16H,9-10H2,1-2H3,(H,20,23,24)/t15-,16+,30?/m0/s1. The lowest BCUT2D eigenvalue weighted by atomic mass is 10.1. The molecule has 0 aliphatic carbocycles. The van der Waals surface area contributed by atoms with Gasteiger partial charge in [0.2, 0.25) is 0 Å². The second kappa shape index (κ2) is 7.81. The molecule has 2 aliphatic heterocycles. The van der Waals surface area contributed by atoms with E-state index in [2.05, 4.69) is 4.98 Å². The quantitative estimate of drug-likeness (QED) is 0.431. The molecule has 0 spiro atoms. The number of aromatic nitrogens is 2. The maximum Gasteiger partial charge on any atom is 0.530 e. The van der Waals surface area contributed by atoms with Crippen LogP contribution in [0.2, 0.25) is 0 Å². The molecule has 0 fully saturated rings. The number of aldehydes is 1. The minimum Gasteiger partial charge on any atom is -0.403 e. The SMILES string of the molecule is Cc1cc(C=O)c2c(c1)COP(=O)(OC[C@@H]1C=C[C@H](n3cc(C)c(=O)[nH]c3=O)O1)O2. The zero-order valence-corrected chi connectivity index (χ0v) is 17.1. The Hall–Kier alpha value is -2.78. The Kier molecular flexibility index (Phi) is 5.33. The molecule has 11 heteroatoms. The van der Waals surface area contributed by atoms with E-state index in [0.717, 1.165) is 5.56 Å². The van der Waals surface area contributed by atoms with Crippen molar-refractivity contribution in [1.82, 2.24) is 9.55 Å². The molecule has 1 aromatic carbocycles. The van der Waals surface area contributed by atoms with Crippen LogP contribution in [-0.4, -0.2) is 28.5 Å².